The fraction of sp³-hybridized carbons (Fsp3) is 0.440. The normalized spacial score (nSPS) is 15.1. The summed E-state index contributed by atoms with van der Waals surface area (Å²) in [6.07, 6.45) is 2.06. The largest absolute Gasteiger partial charge is 0.382 e. The first-order valence-electron chi connectivity index (χ1n) is 11.0. The van der Waals surface area contributed by atoms with Gasteiger partial charge in [0.2, 0.25) is 0 Å². The number of nitrogens with one attached hydrogen (secondary N) is 2. The summed E-state index contributed by atoms with van der Waals surface area (Å²) in [5.74, 6) is 0. The molecule has 0 spiro atoms. The fourth-order valence-corrected chi connectivity index (χ4v) is 4.74. The molecule has 2 N–H and O–H groups in total. The molecule has 5 nitrogen and oxygen atoms in total. The molecule has 1 fully saturated rings. The van der Waals surface area contributed by atoms with E-state index in [1.165, 1.54) is 21.8 Å². The van der Waals surface area contributed by atoms with Crippen LogP contribution in [0.5, 0.6) is 0 Å². The van der Waals surface area contributed by atoms with Gasteiger partial charge in [0.25, 0.3) is 0 Å². The number of aromatic nitrogens is 1. The summed E-state index contributed by atoms with van der Waals surface area (Å²) >= 11 is 0. The van der Waals surface area contributed by atoms with Crippen molar-refractivity contribution in [2.75, 3.05) is 52.2 Å². The van der Waals surface area contributed by atoms with Gasteiger partial charge in [-0.25, -0.2) is 0 Å². The molecule has 4 rings (SSSR count). The summed E-state index contributed by atoms with van der Waals surface area (Å²) in [5, 5.41) is 6.39. The summed E-state index contributed by atoms with van der Waals surface area (Å²) in [5.41, 5.74) is 5.82. The van der Waals surface area contributed by atoms with Crippen LogP contribution in [0.2, 0.25) is 0 Å². The van der Waals surface area contributed by atoms with Crippen LogP contribution in [-0.2, 0) is 20.8 Å². The fourth-order valence-electron chi connectivity index (χ4n) is 3.99. The van der Waals surface area contributed by atoms with Crippen LogP contribution in [0.15, 0.2) is 42.5 Å². The maximum absolute atomic E-state index is 5.80. The van der Waals surface area contributed by atoms with Gasteiger partial charge in [-0.05, 0) is 60.8 Å². The molecule has 6 heteroatoms. The Hall–Kier alpha value is -1.91. The van der Waals surface area contributed by atoms with E-state index in [1.807, 2.05) is 0 Å². The molecule has 0 atom stereocenters. The Kier molecular flexibility index (Phi) is 7.62. The topological polar surface area (TPSA) is 55.5 Å². The van der Waals surface area contributed by atoms with Crippen LogP contribution >= 0.6 is 7.92 Å². The molecular weight excluding hydrogens is 407 g/mol. The zero-order chi connectivity index (χ0) is 21.6. The number of hydrogen-bond acceptors (Lipinski definition) is 4. The van der Waals surface area contributed by atoms with Crippen LogP contribution in [0.1, 0.15) is 18.4 Å². The van der Waals surface area contributed by atoms with Gasteiger partial charge in [-0.2, -0.15) is 0 Å². The highest BCUT2D eigenvalue weighted by atomic mass is 31.1. The molecule has 3 aromatic rings. The Morgan fingerprint density at radius 2 is 1.84 bits per heavy atom. The van der Waals surface area contributed by atoms with Crippen molar-refractivity contribution in [2.45, 2.75) is 25.5 Å². The van der Waals surface area contributed by atoms with Gasteiger partial charge in [0, 0.05) is 37.4 Å². The number of anilines is 1. The quantitative estimate of drug-likeness (QED) is 0.365. The predicted octanol–water partition coefficient (Wildman–Crippen LogP) is 4.96. The second kappa shape index (κ2) is 10.6. The molecule has 1 aromatic heterocycles. The van der Waals surface area contributed by atoms with Gasteiger partial charge in [-0.15, -0.1) is 0 Å². The number of H-pyrrole nitrogens is 1. The molecule has 0 radical (unpaired) electrons. The molecule has 0 aliphatic carbocycles. The number of aromatic amines is 1. The van der Waals surface area contributed by atoms with Gasteiger partial charge >= 0.3 is 0 Å². The minimum absolute atomic E-state index is 0.0783. The van der Waals surface area contributed by atoms with Crippen molar-refractivity contribution < 1.29 is 14.2 Å². The Labute approximate surface area is 186 Å². The van der Waals surface area contributed by atoms with Crippen LogP contribution in [0, 0.1) is 0 Å². The Morgan fingerprint density at radius 3 is 2.55 bits per heavy atom. The van der Waals surface area contributed by atoms with E-state index in [0.717, 1.165) is 43.0 Å². The van der Waals surface area contributed by atoms with Crippen LogP contribution < -0.4 is 10.6 Å². The first kappa shape index (κ1) is 22.3. The molecule has 0 bridgehead atoms. The van der Waals surface area contributed by atoms with Gasteiger partial charge in [0.1, 0.15) is 0 Å². The summed E-state index contributed by atoms with van der Waals surface area (Å²) in [7, 11) is 1.62. The molecule has 0 amide bonds. The van der Waals surface area contributed by atoms with Gasteiger partial charge in [0.05, 0.1) is 31.0 Å². The lowest BCUT2D eigenvalue weighted by molar-refractivity contribution is 0.0617. The zero-order valence-corrected chi connectivity index (χ0v) is 19.6. The van der Waals surface area contributed by atoms with E-state index in [9.17, 15) is 0 Å². The number of fused-ring (bicyclic) bond motifs is 1. The van der Waals surface area contributed by atoms with Crippen molar-refractivity contribution in [3.63, 3.8) is 0 Å². The number of benzene rings is 2. The summed E-state index contributed by atoms with van der Waals surface area (Å²) in [6, 6.07) is 16.1. The monoisotopic (exact) mass is 440 g/mol. The lowest BCUT2D eigenvalue weighted by atomic mass is 10.1. The molecule has 1 aliphatic heterocycles. The molecule has 1 aliphatic rings. The average molecular weight is 441 g/mol. The predicted molar refractivity (Wildman–Crippen MR) is 131 cm³/mol. The molecular formula is C25H33N2O3P. The van der Waals surface area contributed by atoms with Crippen LogP contribution in [0.4, 0.5) is 5.69 Å². The highest BCUT2D eigenvalue weighted by Gasteiger charge is 2.17. The Bertz CT molecular complexity index is 978. The van der Waals surface area contributed by atoms with E-state index in [1.54, 1.807) is 7.11 Å². The lowest BCUT2D eigenvalue weighted by Gasteiger charge is -2.24. The Morgan fingerprint density at radius 1 is 1.06 bits per heavy atom. The second-order valence-electron chi connectivity index (χ2n) is 8.31. The molecule has 0 unspecified atom stereocenters. The van der Waals surface area contributed by atoms with Crippen LogP contribution in [-0.4, -0.2) is 57.9 Å². The number of hydrogen-bond donors (Lipinski definition) is 2. The minimum Gasteiger partial charge on any atom is -0.382 e. The number of ether oxygens (including phenoxy) is 3. The van der Waals surface area contributed by atoms with Crippen LogP contribution in [0.25, 0.3) is 22.2 Å². The van der Waals surface area contributed by atoms with Crippen molar-refractivity contribution in [3.8, 4) is 11.3 Å². The molecule has 31 heavy (non-hydrogen) atoms. The van der Waals surface area contributed by atoms with Crippen molar-refractivity contribution in [3.05, 3.63) is 48.0 Å². The first-order valence-corrected chi connectivity index (χ1v) is 13.2. The third-order valence-corrected chi connectivity index (χ3v) is 7.10. The minimum atomic E-state index is -0.0783. The van der Waals surface area contributed by atoms with E-state index in [4.69, 9.17) is 14.2 Å². The molecule has 1 saturated heterocycles. The van der Waals surface area contributed by atoms with Gasteiger partial charge < -0.3 is 24.5 Å². The molecule has 2 aromatic carbocycles. The SMILES string of the molecule is COCCOCc1cc(NC2CCOCC2)c2[nH]c(-c3ccc(P(C)C)cc3)cc2c1. The lowest BCUT2D eigenvalue weighted by Crippen LogP contribution is -2.28. The number of rotatable bonds is 9. The van der Waals surface area contributed by atoms with Gasteiger partial charge in [0.15, 0.2) is 0 Å². The van der Waals surface area contributed by atoms with Crippen molar-refractivity contribution >= 4 is 29.8 Å². The number of methoxy groups -OCH3 is 1. The summed E-state index contributed by atoms with van der Waals surface area (Å²) in [4.78, 5) is 3.67. The standard InChI is InChI=1S/C25H33N2O3P/c1-28-12-13-30-17-18-14-20-16-23(19-4-6-22(7-5-19)31(2)3)27-25(20)24(15-18)26-21-8-10-29-11-9-21/h4-7,14-16,21,26-27H,8-13,17H2,1-3H3. The smallest absolute Gasteiger partial charge is 0.0719 e. The highest BCUT2D eigenvalue weighted by molar-refractivity contribution is 7.64. The second-order valence-corrected chi connectivity index (χ2v) is 10.6. The van der Waals surface area contributed by atoms with E-state index in [-0.39, 0.29) is 7.92 Å². The van der Waals surface area contributed by atoms with Crippen molar-refractivity contribution in [1.82, 2.24) is 4.98 Å². The third-order valence-electron chi connectivity index (χ3n) is 5.76. The van der Waals surface area contributed by atoms with Crippen molar-refractivity contribution in [2.24, 2.45) is 0 Å². The van der Waals surface area contributed by atoms with E-state index in [0.29, 0.717) is 25.9 Å². The average Bonchev–Trinajstić information content (AvgIpc) is 3.22. The first-order chi connectivity index (χ1) is 15.1. The van der Waals surface area contributed by atoms with Gasteiger partial charge in [-0.1, -0.05) is 32.2 Å². The maximum atomic E-state index is 5.80. The van der Waals surface area contributed by atoms with E-state index >= 15 is 0 Å². The molecule has 166 valence electrons. The van der Waals surface area contributed by atoms with Crippen LogP contribution in [0.3, 0.4) is 0 Å². The van der Waals surface area contributed by atoms with E-state index < -0.39 is 0 Å². The summed E-state index contributed by atoms with van der Waals surface area (Å²) in [6.45, 7) is 8.00. The summed E-state index contributed by atoms with van der Waals surface area (Å²) < 4.78 is 16.4. The maximum Gasteiger partial charge on any atom is 0.0719 e. The third kappa shape index (κ3) is 5.67. The van der Waals surface area contributed by atoms with Gasteiger partial charge in [-0.3, -0.25) is 0 Å². The highest BCUT2D eigenvalue weighted by Crippen LogP contribution is 2.32. The zero-order valence-electron chi connectivity index (χ0n) is 18.7. The van der Waals surface area contributed by atoms with Crippen molar-refractivity contribution in [1.29, 1.82) is 0 Å². The molecule has 2 heterocycles. The Balaban J connectivity index is 1.64. The van der Waals surface area contributed by atoms with E-state index in [2.05, 4.69) is 66.1 Å². The molecule has 0 saturated carbocycles.